The molecule has 1 N–H and O–H groups in total. The minimum absolute atomic E-state index is 0.0641. The van der Waals surface area contributed by atoms with Crippen molar-refractivity contribution in [3.05, 3.63) is 41.3 Å². The number of aryl methyl sites for hydroxylation is 1. The first-order valence-electron chi connectivity index (χ1n) is 7.77. The van der Waals surface area contributed by atoms with E-state index >= 15 is 0 Å². The predicted octanol–water partition coefficient (Wildman–Crippen LogP) is 3.56. The van der Waals surface area contributed by atoms with Gasteiger partial charge in [-0.25, -0.2) is 0 Å². The monoisotopic (exact) mass is 293 g/mol. The van der Waals surface area contributed by atoms with E-state index in [1.54, 1.807) is 6.20 Å². The van der Waals surface area contributed by atoms with Gasteiger partial charge >= 0.3 is 0 Å². The molecule has 1 aliphatic carbocycles. The van der Waals surface area contributed by atoms with Gasteiger partial charge in [-0.1, -0.05) is 0 Å². The molecule has 2 aromatic heterocycles. The maximum absolute atomic E-state index is 12.3. The standard InChI is InChI=1S/C18H19N3O/c1-10-8-12(6-7-19-10)13-9-14-15(16(20-13)11-4-5-11)18(2,3)17(22)21-14/h6-9,11H,4-5H2,1-3H3,(H,21,22). The van der Waals surface area contributed by atoms with Gasteiger partial charge in [0.1, 0.15) is 0 Å². The number of amides is 1. The van der Waals surface area contributed by atoms with Crippen molar-refractivity contribution in [2.75, 3.05) is 5.32 Å². The van der Waals surface area contributed by atoms with Gasteiger partial charge < -0.3 is 5.32 Å². The van der Waals surface area contributed by atoms with Crippen molar-refractivity contribution in [1.82, 2.24) is 9.97 Å². The number of nitrogens with one attached hydrogen (secondary N) is 1. The van der Waals surface area contributed by atoms with Gasteiger partial charge in [0.15, 0.2) is 0 Å². The number of rotatable bonds is 2. The van der Waals surface area contributed by atoms with E-state index in [0.29, 0.717) is 5.92 Å². The van der Waals surface area contributed by atoms with Gasteiger partial charge in [-0.05, 0) is 51.8 Å². The number of hydrogen-bond acceptors (Lipinski definition) is 3. The fraction of sp³-hybridized carbons (Fsp3) is 0.389. The zero-order chi connectivity index (χ0) is 15.5. The summed E-state index contributed by atoms with van der Waals surface area (Å²) in [6.45, 7) is 5.94. The molecule has 0 radical (unpaired) electrons. The Morgan fingerprint density at radius 1 is 1.27 bits per heavy atom. The van der Waals surface area contributed by atoms with Gasteiger partial charge in [-0.2, -0.15) is 0 Å². The van der Waals surface area contributed by atoms with Crippen LogP contribution >= 0.6 is 0 Å². The molecular formula is C18H19N3O. The second kappa shape index (κ2) is 4.38. The molecule has 4 rings (SSSR count). The third-order valence-electron chi connectivity index (χ3n) is 4.64. The Labute approximate surface area is 130 Å². The molecule has 112 valence electrons. The summed E-state index contributed by atoms with van der Waals surface area (Å²) < 4.78 is 0. The lowest BCUT2D eigenvalue weighted by atomic mass is 9.83. The molecule has 0 unspecified atom stereocenters. The fourth-order valence-corrected chi connectivity index (χ4v) is 3.22. The molecule has 0 atom stereocenters. The fourth-order valence-electron chi connectivity index (χ4n) is 3.22. The highest BCUT2D eigenvalue weighted by molar-refractivity contribution is 6.06. The Hall–Kier alpha value is -2.23. The third-order valence-corrected chi connectivity index (χ3v) is 4.64. The smallest absolute Gasteiger partial charge is 0.234 e. The quantitative estimate of drug-likeness (QED) is 0.921. The van der Waals surface area contributed by atoms with Crippen LogP contribution in [-0.4, -0.2) is 15.9 Å². The number of anilines is 1. The molecule has 1 fully saturated rings. The molecule has 2 aliphatic rings. The van der Waals surface area contributed by atoms with E-state index in [9.17, 15) is 4.79 Å². The maximum Gasteiger partial charge on any atom is 0.234 e. The van der Waals surface area contributed by atoms with Crippen LogP contribution in [0.4, 0.5) is 5.69 Å². The first kappa shape index (κ1) is 13.4. The summed E-state index contributed by atoms with van der Waals surface area (Å²) in [5.74, 6) is 0.567. The number of carbonyl (C=O) groups is 1. The minimum Gasteiger partial charge on any atom is -0.325 e. The normalized spacial score (nSPS) is 19.0. The SMILES string of the molecule is Cc1cc(-c2cc3c(c(C4CC4)n2)C(C)(C)C(=O)N3)ccn1. The van der Waals surface area contributed by atoms with Crippen LogP contribution in [-0.2, 0) is 10.2 Å². The Balaban J connectivity index is 1.93. The van der Waals surface area contributed by atoms with E-state index in [2.05, 4.69) is 10.3 Å². The number of aromatic nitrogens is 2. The molecule has 0 aromatic carbocycles. The summed E-state index contributed by atoms with van der Waals surface area (Å²) in [6.07, 6.45) is 4.14. The highest BCUT2D eigenvalue weighted by Crippen LogP contribution is 2.49. The largest absolute Gasteiger partial charge is 0.325 e. The molecule has 4 heteroatoms. The number of fused-ring (bicyclic) bond motifs is 1. The van der Waals surface area contributed by atoms with Crippen LogP contribution < -0.4 is 5.32 Å². The second-order valence-electron chi connectivity index (χ2n) is 6.85. The van der Waals surface area contributed by atoms with Crippen molar-refractivity contribution < 1.29 is 4.79 Å². The summed E-state index contributed by atoms with van der Waals surface area (Å²) in [4.78, 5) is 21.5. The first-order chi connectivity index (χ1) is 10.5. The van der Waals surface area contributed by atoms with Crippen LogP contribution in [0.2, 0.25) is 0 Å². The van der Waals surface area contributed by atoms with Gasteiger partial charge in [-0.3, -0.25) is 14.8 Å². The number of pyridine rings is 2. The van der Waals surface area contributed by atoms with Crippen molar-refractivity contribution in [2.45, 2.75) is 44.9 Å². The lowest BCUT2D eigenvalue weighted by Crippen LogP contribution is -2.27. The van der Waals surface area contributed by atoms with E-state index in [0.717, 1.165) is 33.9 Å². The molecule has 3 heterocycles. The van der Waals surface area contributed by atoms with Crippen molar-refractivity contribution in [2.24, 2.45) is 0 Å². The molecule has 0 saturated heterocycles. The van der Waals surface area contributed by atoms with Gasteiger partial charge in [-0.15, -0.1) is 0 Å². The van der Waals surface area contributed by atoms with Crippen molar-refractivity contribution >= 4 is 11.6 Å². The van der Waals surface area contributed by atoms with Crippen molar-refractivity contribution in [3.63, 3.8) is 0 Å². The minimum atomic E-state index is -0.493. The zero-order valence-corrected chi connectivity index (χ0v) is 13.1. The Kier molecular flexibility index (Phi) is 2.68. The highest BCUT2D eigenvalue weighted by atomic mass is 16.2. The molecule has 1 aliphatic heterocycles. The van der Waals surface area contributed by atoms with E-state index in [4.69, 9.17) is 4.98 Å². The van der Waals surface area contributed by atoms with Crippen LogP contribution in [0.5, 0.6) is 0 Å². The Morgan fingerprint density at radius 2 is 2.05 bits per heavy atom. The van der Waals surface area contributed by atoms with Crippen molar-refractivity contribution in [3.8, 4) is 11.3 Å². The average Bonchev–Trinajstić information content (AvgIpc) is 3.27. The third kappa shape index (κ3) is 1.94. The molecule has 0 bridgehead atoms. The molecular weight excluding hydrogens is 274 g/mol. The molecule has 4 nitrogen and oxygen atoms in total. The summed E-state index contributed by atoms with van der Waals surface area (Å²) in [5, 5.41) is 3.04. The molecule has 1 saturated carbocycles. The van der Waals surface area contributed by atoms with Crippen LogP contribution in [0, 0.1) is 6.92 Å². The lowest BCUT2D eigenvalue weighted by molar-refractivity contribution is -0.119. The second-order valence-corrected chi connectivity index (χ2v) is 6.85. The molecule has 1 amide bonds. The van der Waals surface area contributed by atoms with Gasteiger partial charge in [0.25, 0.3) is 0 Å². The Bertz CT molecular complexity index is 791. The van der Waals surface area contributed by atoms with Crippen LogP contribution in [0.1, 0.15) is 49.6 Å². The summed E-state index contributed by atoms with van der Waals surface area (Å²) in [5.41, 5.74) is 5.57. The van der Waals surface area contributed by atoms with E-state index in [1.807, 2.05) is 39.0 Å². The molecule has 0 spiro atoms. The molecule has 2 aromatic rings. The topological polar surface area (TPSA) is 54.9 Å². The number of nitrogens with zero attached hydrogens (tertiary/aromatic N) is 2. The van der Waals surface area contributed by atoms with Crippen LogP contribution in [0.25, 0.3) is 11.3 Å². The van der Waals surface area contributed by atoms with Crippen molar-refractivity contribution in [1.29, 1.82) is 0 Å². The summed E-state index contributed by atoms with van der Waals surface area (Å²) in [6, 6.07) is 6.01. The Morgan fingerprint density at radius 3 is 2.73 bits per heavy atom. The number of hydrogen-bond donors (Lipinski definition) is 1. The summed E-state index contributed by atoms with van der Waals surface area (Å²) in [7, 11) is 0. The molecule has 22 heavy (non-hydrogen) atoms. The van der Waals surface area contributed by atoms with E-state index in [-0.39, 0.29) is 5.91 Å². The summed E-state index contributed by atoms with van der Waals surface area (Å²) >= 11 is 0. The zero-order valence-electron chi connectivity index (χ0n) is 13.1. The maximum atomic E-state index is 12.3. The van der Waals surface area contributed by atoms with E-state index in [1.165, 1.54) is 12.8 Å². The van der Waals surface area contributed by atoms with Gasteiger partial charge in [0, 0.05) is 34.6 Å². The average molecular weight is 293 g/mol. The van der Waals surface area contributed by atoms with E-state index < -0.39 is 5.41 Å². The lowest BCUT2D eigenvalue weighted by Gasteiger charge is -2.19. The predicted molar refractivity (Wildman–Crippen MR) is 85.8 cm³/mol. The van der Waals surface area contributed by atoms with Gasteiger partial charge in [0.2, 0.25) is 5.91 Å². The first-order valence-corrected chi connectivity index (χ1v) is 7.77. The number of carbonyl (C=O) groups excluding carboxylic acids is 1. The van der Waals surface area contributed by atoms with Crippen LogP contribution in [0.3, 0.4) is 0 Å². The van der Waals surface area contributed by atoms with Gasteiger partial charge in [0.05, 0.1) is 16.8 Å². The highest BCUT2D eigenvalue weighted by Gasteiger charge is 2.44. The van der Waals surface area contributed by atoms with Crippen LogP contribution in [0.15, 0.2) is 24.4 Å².